The van der Waals surface area contributed by atoms with Crippen LogP contribution in [0.1, 0.15) is 11.1 Å². The summed E-state index contributed by atoms with van der Waals surface area (Å²) in [5.41, 5.74) is 2.49. The summed E-state index contributed by atoms with van der Waals surface area (Å²) < 4.78 is 5.36. The van der Waals surface area contributed by atoms with E-state index in [0.29, 0.717) is 25.5 Å². The second-order valence-corrected chi connectivity index (χ2v) is 3.27. The summed E-state index contributed by atoms with van der Waals surface area (Å²) in [6.45, 7) is 3.24. The first-order valence-corrected chi connectivity index (χ1v) is 4.72. The van der Waals surface area contributed by atoms with Gasteiger partial charge in [0.15, 0.2) is 6.61 Å². The summed E-state index contributed by atoms with van der Waals surface area (Å²) >= 11 is 0. The van der Waals surface area contributed by atoms with Gasteiger partial charge in [-0.05, 0) is 18.1 Å². The van der Waals surface area contributed by atoms with Gasteiger partial charge in [0, 0.05) is 0 Å². The molecule has 0 unspecified atom stereocenters. The van der Waals surface area contributed by atoms with E-state index in [-0.39, 0.29) is 0 Å². The minimum atomic E-state index is 0.553. The Morgan fingerprint density at radius 3 is 2.86 bits per heavy atom. The lowest BCUT2D eigenvalue weighted by Gasteiger charge is -2.14. The quantitative estimate of drug-likeness (QED) is 0.714. The zero-order valence-electron chi connectivity index (χ0n) is 8.19. The zero-order valence-corrected chi connectivity index (χ0v) is 8.19. The Kier molecular flexibility index (Phi) is 2.68. The van der Waals surface area contributed by atoms with Crippen molar-refractivity contribution in [2.45, 2.75) is 13.3 Å². The van der Waals surface area contributed by atoms with E-state index in [1.165, 1.54) is 11.1 Å². The van der Waals surface area contributed by atoms with Crippen molar-refractivity contribution < 1.29 is 9.57 Å². The molecule has 74 valence electrons. The number of hydrogen-bond donors (Lipinski definition) is 0. The summed E-state index contributed by atoms with van der Waals surface area (Å²) in [5.74, 6) is 0.672. The summed E-state index contributed by atoms with van der Waals surface area (Å²) in [6, 6.07) is 8.21. The van der Waals surface area contributed by atoms with Crippen LogP contribution in [0, 0.1) is 6.92 Å². The molecule has 0 atom stereocenters. The van der Waals surface area contributed by atoms with Crippen LogP contribution in [0.2, 0.25) is 0 Å². The third-order valence-corrected chi connectivity index (χ3v) is 2.21. The van der Waals surface area contributed by atoms with Crippen molar-refractivity contribution >= 4 is 5.90 Å². The molecule has 0 spiro atoms. The van der Waals surface area contributed by atoms with Crippen molar-refractivity contribution in [3.63, 3.8) is 0 Å². The number of benzene rings is 1. The van der Waals surface area contributed by atoms with Crippen LogP contribution in [0.4, 0.5) is 0 Å². The highest BCUT2D eigenvalue weighted by atomic mass is 16.7. The molecule has 3 nitrogen and oxygen atoms in total. The normalized spacial score (nSPS) is 15.4. The first-order chi connectivity index (χ1) is 6.86. The van der Waals surface area contributed by atoms with Crippen LogP contribution in [-0.2, 0) is 16.0 Å². The predicted molar refractivity (Wildman–Crippen MR) is 54.2 cm³/mol. The Labute approximate surface area is 83.3 Å². The minimum absolute atomic E-state index is 0.553. The van der Waals surface area contributed by atoms with Gasteiger partial charge in [0.2, 0.25) is 5.90 Å². The third kappa shape index (κ3) is 2.05. The Hall–Kier alpha value is -1.51. The van der Waals surface area contributed by atoms with Gasteiger partial charge in [-0.25, -0.2) is 0 Å². The smallest absolute Gasteiger partial charge is 0.230 e. The van der Waals surface area contributed by atoms with Crippen molar-refractivity contribution in [1.29, 1.82) is 0 Å². The van der Waals surface area contributed by atoms with E-state index < -0.39 is 0 Å². The highest BCUT2D eigenvalue weighted by Crippen LogP contribution is 2.10. The molecule has 1 aliphatic rings. The monoisotopic (exact) mass is 191 g/mol. The first kappa shape index (κ1) is 9.06. The molecular weight excluding hydrogens is 178 g/mol. The maximum Gasteiger partial charge on any atom is 0.230 e. The molecule has 14 heavy (non-hydrogen) atoms. The van der Waals surface area contributed by atoms with Crippen LogP contribution in [0.5, 0.6) is 0 Å². The first-order valence-electron chi connectivity index (χ1n) is 4.72. The van der Waals surface area contributed by atoms with Gasteiger partial charge >= 0.3 is 0 Å². The average molecular weight is 191 g/mol. The summed E-state index contributed by atoms with van der Waals surface area (Å²) in [4.78, 5) is 4.96. The lowest BCUT2D eigenvalue weighted by Crippen LogP contribution is -2.18. The number of ether oxygens (including phenoxy) is 1. The fraction of sp³-hybridized carbons (Fsp3) is 0.364. The van der Waals surface area contributed by atoms with Gasteiger partial charge in [-0.2, -0.15) is 0 Å². The molecular formula is C11H13NO2. The van der Waals surface area contributed by atoms with E-state index in [9.17, 15) is 0 Å². The van der Waals surface area contributed by atoms with Gasteiger partial charge in [0.25, 0.3) is 0 Å². The highest BCUT2D eigenvalue weighted by molar-refractivity contribution is 5.78. The molecule has 3 heteroatoms. The largest absolute Gasteiger partial charge is 0.475 e. The van der Waals surface area contributed by atoms with Crippen molar-refractivity contribution in [2.75, 3.05) is 13.2 Å². The summed E-state index contributed by atoms with van der Waals surface area (Å²) in [6.07, 6.45) is 0.715. The number of oxime groups is 1. The lowest BCUT2D eigenvalue weighted by molar-refractivity contribution is 0.0624. The Morgan fingerprint density at radius 1 is 1.29 bits per heavy atom. The van der Waals surface area contributed by atoms with Crippen LogP contribution >= 0.6 is 0 Å². The maximum absolute atomic E-state index is 5.36. The average Bonchev–Trinajstić information content (AvgIpc) is 2.23. The predicted octanol–water partition coefficient (Wildman–Crippen LogP) is 1.90. The Morgan fingerprint density at radius 2 is 2.14 bits per heavy atom. The fourth-order valence-corrected chi connectivity index (χ4v) is 1.40. The molecule has 0 radical (unpaired) electrons. The van der Waals surface area contributed by atoms with E-state index in [1.54, 1.807) is 0 Å². The molecule has 0 saturated heterocycles. The Bertz CT molecular complexity index is 347. The SMILES string of the molecule is Cc1ccccc1CC1=NOCCO1. The van der Waals surface area contributed by atoms with Gasteiger partial charge in [0.05, 0.1) is 6.42 Å². The van der Waals surface area contributed by atoms with E-state index in [4.69, 9.17) is 9.57 Å². The molecule has 1 aromatic rings. The van der Waals surface area contributed by atoms with Crippen LogP contribution in [0.3, 0.4) is 0 Å². The second-order valence-electron chi connectivity index (χ2n) is 3.27. The standard InChI is InChI=1S/C11H13NO2/c1-9-4-2-3-5-10(9)8-11-12-14-7-6-13-11/h2-5H,6-8H2,1H3. The number of rotatable bonds is 2. The molecule has 0 aromatic heterocycles. The molecule has 0 aliphatic carbocycles. The number of hydrogen-bond acceptors (Lipinski definition) is 3. The van der Waals surface area contributed by atoms with Gasteiger partial charge in [0.1, 0.15) is 6.61 Å². The molecule has 1 aromatic carbocycles. The summed E-state index contributed by atoms with van der Waals surface area (Å²) in [5, 5.41) is 3.86. The van der Waals surface area contributed by atoms with Crippen LogP contribution in [-0.4, -0.2) is 19.1 Å². The van der Waals surface area contributed by atoms with Gasteiger partial charge in [-0.15, -0.1) is 0 Å². The third-order valence-electron chi connectivity index (χ3n) is 2.21. The zero-order chi connectivity index (χ0) is 9.80. The lowest BCUT2D eigenvalue weighted by atomic mass is 10.1. The molecule has 0 amide bonds. The maximum atomic E-state index is 5.36. The number of aryl methyl sites for hydroxylation is 1. The second kappa shape index (κ2) is 4.13. The topological polar surface area (TPSA) is 30.8 Å². The molecule has 0 saturated carbocycles. The summed E-state index contributed by atoms with van der Waals surface area (Å²) in [7, 11) is 0. The van der Waals surface area contributed by atoms with Crippen LogP contribution in [0.15, 0.2) is 29.4 Å². The van der Waals surface area contributed by atoms with E-state index in [0.717, 1.165) is 0 Å². The van der Waals surface area contributed by atoms with Crippen molar-refractivity contribution in [1.82, 2.24) is 0 Å². The van der Waals surface area contributed by atoms with Gasteiger partial charge in [-0.1, -0.05) is 29.4 Å². The van der Waals surface area contributed by atoms with Crippen LogP contribution in [0.25, 0.3) is 0 Å². The van der Waals surface area contributed by atoms with Crippen molar-refractivity contribution in [2.24, 2.45) is 5.16 Å². The molecule has 2 rings (SSSR count). The molecule has 1 heterocycles. The van der Waals surface area contributed by atoms with E-state index in [2.05, 4.69) is 24.2 Å². The molecule has 0 fully saturated rings. The van der Waals surface area contributed by atoms with Gasteiger partial charge in [-0.3, -0.25) is 0 Å². The van der Waals surface area contributed by atoms with Gasteiger partial charge < -0.3 is 9.57 Å². The van der Waals surface area contributed by atoms with Crippen molar-refractivity contribution in [3.8, 4) is 0 Å². The van der Waals surface area contributed by atoms with Crippen molar-refractivity contribution in [3.05, 3.63) is 35.4 Å². The fourth-order valence-electron chi connectivity index (χ4n) is 1.40. The van der Waals surface area contributed by atoms with E-state index in [1.807, 2.05) is 12.1 Å². The Balaban J connectivity index is 2.10. The minimum Gasteiger partial charge on any atom is -0.475 e. The molecule has 0 bridgehead atoms. The highest BCUT2D eigenvalue weighted by Gasteiger charge is 2.09. The molecule has 1 aliphatic heterocycles. The van der Waals surface area contributed by atoms with Crippen LogP contribution < -0.4 is 0 Å². The molecule has 0 N–H and O–H groups in total. The number of nitrogens with zero attached hydrogens (tertiary/aromatic N) is 1. The van der Waals surface area contributed by atoms with E-state index >= 15 is 0 Å².